The molecule has 2 fully saturated rings. The Hall–Kier alpha value is -2.44. The fourth-order valence-electron chi connectivity index (χ4n) is 3.09. The molecule has 1 aliphatic carbocycles. The Kier molecular flexibility index (Phi) is 3.56. The SMILES string of the molecule is NC(=O)c1ccc(C(=O)N2C[C@H](C(=O)O)[C@@H](C3CC3)C2)nc1. The summed E-state index contributed by atoms with van der Waals surface area (Å²) in [4.78, 5) is 40.3. The largest absolute Gasteiger partial charge is 0.481 e. The van der Waals surface area contributed by atoms with Gasteiger partial charge in [0.2, 0.25) is 5.91 Å². The van der Waals surface area contributed by atoms with Gasteiger partial charge in [0, 0.05) is 19.3 Å². The average molecular weight is 303 g/mol. The van der Waals surface area contributed by atoms with E-state index < -0.39 is 17.8 Å². The highest BCUT2D eigenvalue weighted by Gasteiger charge is 2.47. The molecular formula is C15H17N3O4. The molecular weight excluding hydrogens is 286 g/mol. The number of carbonyl (C=O) groups is 3. The minimum atomic E-state index is -0.843. The second-order valence-corrected chi connectivity index (χ2v) is 5.95. The number of aromatic nitrogens is 1. The van der Waals surface area contributed by atoms with Crippen LogP contribution in [0.25, 0.3) is 0 Å². The van der Waals surface area contributed by atoms with Crippen molar-refractivity contribution in [2.75, 3.05) is 13.1 Å². The zero-order valence-electron chi connectivity index (χ0n) is 11.9. The molecule has 3 rings (SSSR count). The van der Waals surface area contributed by atoms with Crippen molar-refractivity contribution in [1.82, 2.24) is 9.88 Å². The van der Waals surface area contributed by atoms with Crippen molar-refractivity contribution < 1.29 is 19.5 Å². The van der Waals surface area contributed by atoms with E-state index in [-0.39, 0.29) is 29.6 Å². The molecule has 2 heterocycles. The second kappa shape index (κ2) is 5.40. The Morgan fingerprint density at radius 2 is 1.95 bits per heavy atom. The fraction of sp³-hybridized carbons (Fsp3) is 0.467. The molecule has 1 aromatic rings. The van der Waals surface area contributed by atoms with Crippen molar-refractivity contribution in [3.05, 3.63) is 29.6 Å². The summed E-state index contributed by atoms with van der Waals surface area (Å²) in [5, 5.41) is 9.32. The van der Waals surface area contributed by atoms with Gasteiger partial charge < -0.3 is 15.7 Å². The molecule has 0 unspecified atom stereocenters. The number of hydrogen-bond acceptors (Lipinski definition) is 4. The number of nitrogens with two attached hydrogens (primary N) is 1. The van der Waals surface area contributed by atoms with Crippen molar-refractivity contribution in [3.8, 4) is 0 Å². The van der Waals surface area contributed by atoms with Crippen LogP contribution < -0.4 is 5.73 Å². The number of carboxylic acid groups (broad SMARTS) is 1. The summed E-state index contributed by atoms with van der Waals surface area (Å²) in [6.45, 7) is 0.675. The maximum Gasteiger partial charge on any atom is 0.308 e. The van der Waals surface area contributed by atoms with Crippen LogP contribution in [0.3, 0.4) is 0 Å². The van der Waals surface area contributed by atoms with E-state index in [0.717, 1.165) is 12.8 Å². The third kappa shape index (κ3) is 2.66. The zero-order chi connectivity index (χ0) is 15.9. The molecule has 1 saturated carbocycles. The summed E-state index contributed by atoms with van der Waals surface area (Å²) in [5.74, 6) is -1.79. The van der Waals surface area contributed by atoms with E-state index >= 15 is 0 Å². The lowest BCUT2D eigenvalue weighted by Gasteiger charge is -2.15. The first kappa shape index (κ1) is 14.5. The third-order valence-electron chi connectivity index (χ3n) is 4.46. The summed E-state index contributed by atoms with van der Waals surface area (Å²) in [6.07, 6.45) is 3.35. The summed E-state index contributed by atoms with van der Waals surface area (Å²) in [5.41, 5.74) is 5.57. The van der Waals surface area contributed by atoms with Crippen molar-refractivity contribution in [2.45, 2.75) is 12.8 Å². The summed E-state index contributed by atoms with van der Waals surface area (Å²) in [6, 6.07) is 2.90. The van der Waals surface area contributed by atoms with Gasteiger partial charge in [-0.05, 0) is 36.8 Å². The smallest absolute Gasteiger partial charge is 0.308 e. The van der Waals surface area contributed by atoms with Crippen LogP contribution in [0.2, 0.25) is 0 Å². The molecule has 0 aromatic carbocycles. The molecule has 2 atom stereocenters. The van der Waals surface area contributed by atoms with Gasteiger partial charge in [-0.25, -0.2) is 0 Å². The van der Waals surface area contributed by atoms with Gasteiger partial charge in [0.1, 0.15) is 5.69 Å². The Bertz CT molecular complexity index is 624. The maximum absolute atomic E-state index is 12.4. The number of nitrogens with zero attached hydrogens (tertiary/aromatic N) is 2. The van der Waals surface area contributed by atoms with E-state index in [1.54, 1.807) is 4.90 Å². The Morgan fingerprint density at radius 3 is 2.45 bits per heavy atom. The number of pyridine rings is 1. The molecule has 7 nitrogen and oxygen atoms in total. The van der Waals surface area contributed by atoms with Gasteiger partial charge >= 0.3 is 5.97 Å². The van der Waals surface area contributed by atoms with Crippen LogP contribution in [0.15, 0.2) is 18.3 Å². The van der Waals surface area contributed by atoms with Gasteiger partial charge in [-0.2, -0.15) is 0 Å². The molecule has 116 valence electrons. The molecule has 7 heteroatoms. The Balaban J connectivity index is 1.74. The number of carboxylic acids is 1. The summed E-state index contributed by atoms with van der Waals surface area (Å²) < 4.78 is 0. The number of rotatable bonds is 4. The number of aliphatic carboxylic acids is 1. The van der Waals surface area contributed by atoms with Crippen LogP contribution in [0.5, 0.6) is 0 Å². The van der Waals surface area contributed by atoms with Crippen LogP contribution in [-0.4, -0.2) is 45.9 Å². The van der Waals surface area contributed by atoms with Gasteiger partial charge in [0.25, 0.3) is 5.91 Å². The normalized spacial score (nSPS) is 24.3. The third-order valence-corrected chi connectivity index (χ3v) is 4.46. The number of likely N-dealkylation sites (tertiary alicyclic amines) is 1. The van der Waals surface area contributed by atoms with E-state index in [4.69, 9.17) is 5.73 Å². The minimum Gasteiger partial charge on any atom is -0.481 e. The monoisotopic (exact) mass is 303 g/mol. The van der Waals surface area contributed by atoms with Crippen LogP contribution in [-0.2, 0) is 4.79 Å². The predicted molar refractivity (Wildman–Crippen MR) is 76.0 cm³/mol. The number of primary amides is 1. The standard InChI is InChI=1S/C15H17N3O4/c16-13(19)9-3-4-12(17-5-9)14(20)18-6-10(8-1-2-8)11(7-18)15(21)22/h3-5,8,10-11H,1-2,6-7H2,(H2,16,19)(H,21,22)/t10-,11+/m1/s1. The first-order valence-electron chi connectivity index (χ1n) is 7.25. The number of carbonyl (C=O) groups excluding carboxylic acids is 2. The fourth-order valence-corrected chi connectivity index (χ4v) is 3.09. The lowest BCUT2D eigenvalue weighted by molar-refractivity contribution is -0.142. The van der Waals surface area contributed by atoms with Gasteiger partial charge in [-0.1, -0.05) is 0 Å². The molecule has 0 spiro atoms. The molecule has 3 N–H and O–H groups in total. The molecule has 0 bridgehead atoms. The van der Waals surface area contributed by atoms with Crippen molar-refractivity contribution in [2.24, 2.45) is 23.5 Å². The average Bonchev–Trinajstić information content (AvgIpc) is 3.25. The number of amides is 2. The molecule has 1 aromatic heterocycles. The second-order valence-electron chi connectivity index (χ2n) is 5.95. The van der Waals surface area contributed by atoms with E-state index in [0.29, 0.717) is 12.5 Å². The molecule has 22 heavy (non-hydrogen) atoms. The van der Waals surface area contributed by atoms with E-state index in [1.807, 2.05) is 0 Å². The topological polar surface area (TPSA) is 114 Å². The zero-order valence-corrected chi connectivity index (χ0v) is 11.9. The first-order valence-corrected chi connectivity index (χ1v) is 7.25. The Morgan fingerprint density at radius 1 is 1.23 bits per heavy atom. The first-order chi connectivity index (χ1) is 10.5. The highest BCUT2D eigenvalue weighted by molar-refractivity contribution is 5.95. The quantitative estimate of drug-likeness (QED) is 0.834. The highest BCUT2D eigenvalue weighted by Crippen LogP contribution is 2.44. The maximum atomic E-state index is 12.4. The molecule has 2 aliphatic rings. The predicted octanol–water partition coefficient (Wildman–Crippen LogP) is 0.363. The van der Waals surface area contributed by atoms with Gasteiger partial charge in [0.05, 0.1) is 11.5 Å². The van der Waals surface area contributed by atoms with E-state index in [1.165, 1.54) is 18.3 Å². The van der Waals surface area contributed by atoms with Crippen LogP contribution >= 0.6 is 0 Å². The molecule has 0 radical (unpaired) electrons. The molecule has 1 aliphatic heterocycles. The summed E-state index contributed by atoms with van der Waals surface area (Å²) in [7, 11) is 0. The van der Waals surface area contributed by atoms with Crippen molar-refractivity contribution >= 4 is 17.8 Å². The van der Waals surface area contributed by atoms with Crippen LogP contribution in [0.1, 0.15) is 33.7 Å². The van der Waals surface area contributed by atoms with Gasteiger partial charge in [-0.3, -0.25) is 19.4 Å². The lowest BCUT2D eigenvalue weighted by atomic mass is 9.92. The molecule has 1 saturated heterocycles. The minimum absolute atomic E-state index is 0.0337. The van der Waals surface area contributed by atoms with Crippen LogP contribution in [0, 0.1) is 17.8 Å². The highest BCUT2D eigenvalue weighted by atomic mass is 16.4. The Labute approximate surface area is 127 Å². The van der Waals surface area contributed by atoms with Crippen molar-refractivity contribution in [3.63, 3.8) is 0 Å². The molecule has 2 amide bonds. The number of hydrogen-bond donors (Lipinski definition) is 2. The summed E-state index contributed by atoms with van der Waals surface area (Å²) >= 11 is 0. The van der Waals surface area contributed by atoms with Crippen molar-refractivity contribution in [1.29, 1.82) is 0 Å². The van der Waals surface area contributed by atoms with Crippen LogP contribution in [0.4, 0.5) is 0 Å². The lowest BCUT2D eigenvalue weighted by Crippen LogP contribution is -2.30. The van der Waals surface area contributed by atoms with Gasteiger partial charge in [-0.15, -0.1) is 0 Å². The van der Waals surface area contributed by atoms with E-state index in [9.17, 15) is 19.5 Å². The van der Waals surface area contributed by atoms with Gasteiger partial charge in [0.15, 0.2) is 0 Å². The van der Waals surface area contributed by atoms with E-state index in [2.05, 4.69) is 4.98 Å².